The zero-order valence-corrected chi connectivity index (χ0v) is 11.4. The molecule has 0 saturated heterocycles. The van der Waals surface area contributed by atoms with Crippen molar-refractivity contribution in [3.63, 3.8) is 0 Å². The van der Waals surface area contributed by atoms with Gasteiger partial charge in [-0.15, -0.1) is 0 Å². The molecule has 0 aromatic carbocycles. The van der Waals surface area contributed by atoms with Crippen LogP contribution in [-0.4, -0.2) is 22.5 Å². The van der Waals surface area contributed by atoms with Crippen LogP contribution in [0, 0.1) is 17.0 Å². The maximum atomic E-state index is 11.1. The summed E-state index contributed by atoms with van der Waals surface area (Å²) in [4.78, 5) is 15.1. The van der Waals surface area contributed by atoms with Crippen molar-refractivity contribution in [1.29, 1.82) is 0 Å². The van der Waals surface area contributed by atoms with Crippen molar-refractivity contribution in [3.8, 4) is 0 Å². The molecule has 0 spiro atoms. The first kappa shape index (κ1) is 14.6. The minimum Gasteiger partial charge on any atom is -0.314 e. The topological polar surface area (TPSA) is 68.1 Å². The van der Waals surface area contributed by atoms with Crippen LogP contribution in [0.5, 0.6) is 0 Å². The average molecular weight is 251 g/mol. The van der Waals surface area contributed by atoms with Crippen molar-refractivity contribution in [2.75, 3.05) is 6.54 Å². The van der Waals surface area contributed by atoms with E-state index >= 15 is 0 Å². The molecular weight excluding hydrogens is 230 g/mol. The molecule has 0 aliphatic carbocycles. The zero-order valence-electron chi connectivity index (χ0n) is 11.4. The fourth-order valence-electron chi connectivity index (χ4n) is 2.24. The van der Waals surface area contributed by atoms with Crippen LogP contribution in [-0.2, 0) is 0 Å². The maximum absolute atomic E-state index is 11.1. The first-order valence-electron chi connectivity index (χ1n) is 6.35. The van der Waals surface area contributed by atoms with Crippen LogP contribution in [0.1, 0.15) is 44.4 Å². The van der Waals surface area contributed by atoms with Crippen molar-refractivity contribution in [1.82, 2.24) is 10.3 Å². The summed E-state index contributed by atoms with van der Waals surface area (Å²) >= 11 is 0. The number of aryl methyl sites for hydroxylation is 1. The van der Waals surface area contributed by atoms with Gasteiger partial charge in [-0.1, -0.05) is 13.8 Å². The Labute approximate surface area is 108 Å². The average Bonchev–Trinajstić information content (AvgIpc) is 2.32. The van der Waals surface area contributed by atoms with Gasteiger partial charge in [0, 0.05) is 24.2 Å². The van der Waals surface area contributed by atoms with Gasteiger partial charge in [0.1, 0.15) is 5.69 Å². The van der Waals surface area contributed by atoms with Gasteiger partial charge >= 0.3 is 0 Å². The van der Waals surface area contributed by atoms with E-state index < -0.39 is 0 Å². The second-order valence-electron chi connectivity index (χ2n) is 4.54. The lowest BCUT2D eigenvalue weighted by Gasteiger charge is -2.22. The highest BCUT2D eigenvalue weighted by Gasteiger charge is 2.26. The van der Waals surface area contributed by atoms with E-state index in [0.717, 1.165) is 18.5 Å². The minimum absolute atomic E-state index is 0.0611. The van der Waals surface area contributed by atoms with Gasteiger partial charge in [0.15, 0.2) is 0 Å². The van der Waals surface area contributed by atoms with Crippen LogP contribution in [0.2, 0.25) is 0 Å². The largest absolute Gasteiger partial charge is 0.314 e. The smallest absolute Gasteiger partial charge is 0.291 e. The lowest BCUT2D eigenvalue weighted by molar-refractivity contribution is -0.386. The van der Waals surface area contributed by atoms with E-state index in [4.69, 9.17) is 0 Å². The van der Waals surface area contributed by atoms with Crippen LogP contribution in [0.25, 0.3) is 0 Å². The molecule has 2 unspecified atom stereocenters. The molecule has 1 aromatic heterocycles. The number of hydrogen-bond acceptors (Lipinski definition) is 4. The first-order chi connectivity index (χ1) is 8.51. The summed E-state index contributed by atoms with van der Waals surface area (Å²) in [5.41, 5.74) is 1.53. The van der Waals surface area contributed by atoms with Crippen molar-refractivity contribution < 1.29 is 4.92 Å². The van der Waals surface area contributed by atoms with Crippen molar-refractivity contribution in [3.05, 3.63) is 33.6 Å². The Kier molecular flexibility index (Phi) is 5.22. The number of nitro groups is 1. The number of pyridine rings is 1. The molecule has 18 heavy (non-hydrogen) atoms. The number of nitrogens with one attached hydrogen (secondary N) is 1. The van der Waals surface area contributed by atoms with Crippen molar-refractivity contribution in [2.24, 2.45) is 0 Å². The quantitative estimate of drug-likeness (QED) is 0.623. The summed E-state index contributed by atoms with van der Waals surface area (Å²) in [6.07, 6.45) is 2.52. The maximum Gasteiger partial charge on any atom is 0.291 e. The molecule has 0 bridgehead atoms. The predicted octanol–water partition coefficient (Wildman–Crippen LogP) is 2.79. The second kappa shape index (κ2) is 6.44. The van der Waals surface area contributed by atoms with Crippen molar-refractivity contribution in [2.45, 2.75) is 46.1 Å². The summed E-state index contributed by atoms with van der Waals surface area (Å²) < 4.78 is 0. The molecule has 5 nitrogen and oxygen atoms in total. The molecule has 0 aliphatic rings. The number of nitrogens with zero attached hydrogens (tertiary/aromatic N) is 2. The fraction of sp³-hybridized carbons (Fsp3) is 0.615. The van der Waals surface area contributed by atoms with E-state index in [2.05, 4.69) is 10.3 Å². The molecule has 1 N–H and O–H groups in total. The third kappa shape index (κ3) is 3.26. The lowest BCUT2D eigenvalue weighted by atomic mass is 9.92. The van der Waals surface area contributed by atoms with Gasteiger partial charge in [0.25, 0.3) is 5.69 Å². The molecule has 0 aliphatic heterocycles. The lowest BCUT2D eigenvalue weighted by Crippen LogP contribution is -2.32. The van der Waals surface area contributed by atoms with E-state index in [-0.39, 0.29) is 22.6 Å². The molecule has 1 heterocycles. The van der Waals surface area contributed by atoms with Gasteiger partial charge in [-0.3, -0.25) is 15.1 Å². The monoisotopic (exact) mass is 251 g/mol. The summed E-state index contributed by atoms with van der Waals surface area (Å²) in [6.45, 7) is 8.77. The zero-order chi connectivity index (χ0) is 13.7. The van der Waals surface area contributed by atoms with Crippen LogP contribution in [0.15, 0.2) is 12.3 Å². The highest BCUT2D eigenvalue weighted by Crippen LogP contribution is 2.30. The van der Waals surface area contributed by atoms with Crippen molar-refractivity contribution >= 4 is 5.69 Å². The molecule has 0 saturated carbocycles. The van der Waals surface area contributed by atoms with Crippen LogP contribution in [0.3, 0.4) is 0 Å². The predicted molar refractivity (Wildman–Crippen MR) is 71.8 cm³/mol. The molecule has 1 rings (SSSR count). The van der Waals surface area contributed by atoms with Gasteiger partial charge < -0.3 is 5.32 Å². The number of hydrogen-bond donors (Lipinski definition) is 1. The Morgan fingerprint density at radius 1 is 1.50 bits per heavy atom. The standard InChI is InChI=1S/C13H21N3O2/c1-5-11(10(4)14-6-2)13-12(16(17)18)7-9(3)8-15-13/h7-8,10-11,14H,5-6H2,1-4H3. The number of likely N-dealkylation sites (N-methyl/N-ethyl adjacent to an activating group) is 1. The van der Waals surface area contributed by atoms with Gasteiger partial charge in [-0.2, -0.15) is 0 Å². The summed E-state index contributed by atoms with van der Waals surface area (Å²) in [5.74, 6) is 0.0611. The Bertz CT molecular complexity index is 421. The Balaban J connectivity index is 3.16. The highest BCUT2D eigenvalue weighted by atomic mass is 16.6. The highest BCUT2D eigenvalue weighted by molar-refractivity contribution is 5.40. The van der Waals surface area contributed by atoms with E-state index in [0.29, 0.717) is 5.69 Å². The number of rotatable bonds is 6. The summed E-state index contributed by atoms with van der Waals surface area (Å²) in [5, 5.41) is 14.4. The van der Waals surface area contributed by atoms with E-state index in [1.165, 1.54) is 0 Å². The molecule has 0 amide bonds. The fourth-order valence-corrected chi connectivity index (χ4v) is 2.24. The second-order valence-corrected chi connectivity index (χ2v) is 4.54. The number of aromatic nitrogens is 1. The van der Waals surface area contributed by atoms with Crippen LogP contribution >= 0.6 is 0 Å². The van der Waals surface area contributed by atoms with Crippen LogP contribution < -0.4 is 5.32 Å². The van der Waals surface area contributed by atoms with Crippen LogP contribution in [0.4, 0.5) is 5.69 Å². The normalized spacial score (nSPS) is 14.2. The summed E-state index contributed by atoms with van der Waals surface area (Å²) in [7, 11) is 0. The van der Waals surface area contributed by atoms with E-state index in [9.17, 15) is 10.1 Å². The van der Waals surface area contributed by atoms with Gasteiger partial charge in [-0.05, 0) is 32.4 Å². The van der Waals surface area contributed by atoms with E-state index in [1.807, 2.05) is 27.7 Å². The minimum atomic E-state index is -0.337. The SMILES string of the molecule is CCNC(C)C(CC)c1ncc(C)cc1[N+](=O)[O-]. The third-order valence-electron chi connectivity index (χ3n) is 3.15. The third-order valence-corrected chi connectivity index (χ3v) is 3.15. The Hall–Kier alpha value is -1.49. The molecule has 2 atom stereocenters. The molecule has 100 valence electrons. The Morgan fingerprint density at radius 2 is 2.17 bits per heavy atom. The van der Waals surface area contributed by atoms with Gasteiger partial charge in [0.2, 0.25) is 0 Å². The molecule has 0 fully saturated rings. The molecule has 5 heteroatoms. The molecular formula is C13H21N3O2. The first-order valence-corrected chi connectivity index (χ1v) is 6.35. The van der Waals surface area contributed by atoms with Gasteiger partial charge in [-0.25, -0.2) is 0 Å². The summed E-state index contributed by atoms with van der Waals surface area (Å²) in [6, 6.07) is 1.78. The van der Waals surface area contributed by atoms with Gasteiger partial charge in [0.05, 0.1) is 4.92 Å². The van der Waals surface area contributed by atoms with E-state index in [1.54, 1.807) is 12.3 Å². The Morgan fingerprint density at radius 3 is 2.67 bits per heavy atom. The molecule has 1 aromatic rings. The molecule has 0 radical (unpaired) electrons.